The van der Waals surface area contributed by atoms with Crippen LogP contribution in [-0.2, 0) is 4.79 Å². The number of hydrogen-bond donors (Lipinski definition) is 0. The summed E-state index contributed by atoms with van der Waals surface area (Å²) in [7, 11) is 0. The molecule has 2 nitrogen and oxygen atoms in total. The minimum absolute atomic E-state index is 0.356. The average Bonchev–Trinajstić information content (AvgIpc) is 2.22. The zero-order valence-corrected chi connectivity index (χ0v) is 11.4. The molecule has 0 saturated carbocycles. The topological polar surface area (TPSA) is 20.3 Å². The first kappa shape index (κ1) is 13.0. The Bertz CT molecular complexity index is 208. The quantitative estimate of drug-likeness (QED) is 0.571. The van der Waals surface area contributed by atoms with E-state index in [1.54, 1.807) is 0 Å². The molecule has 3 heteroatoms. The minimum Gasteiger partial charge on any atom is -0.342 e. The van der Waals surface area contributed by atoms with Crippen molar-refractivity contribution in [3.05, 3.63) is 0 Å². The molecule has 0 N–H and O–H groups in total. The van der Waals surface area contributed by atoms with Crippen LogP contribution in [0.5, 0.6) is 0 Å². The molecule has 0 radical (unpaired) electrons. The molecule has 1 aliphatic heterocycles. The first-order valence-electron chi connectivity index (χ1n) is 5.99. The molecule has 0 aromatic heterocycles. The van der Waals surface area contributed by atoms with Crippen LogP contribution in [0.1, 0.15) is 39.5 Å². The first-order chi connectivity index (χ1) is 7.15. The van der Waals surface area contributed by atoms with Crippen LogP contribution in [0.25, 0.3) is 0 Å². The summed E-state index contributed by atoms with van der Waals surface area (Å²) in [6.45, 7) is 6.48. The van der Waals surface area contributed by atoms with Crippen LogP contribution >= 0.6 is 15.9 Å². The number of halogens is 1. The summed E-state index contributed by atoms with van der Waals surface area (Å²) >= 11 is 3.39. The van der Waals surface area contributed by atoms with Crippen LogP contribution in [0.3, 0.4) is 0 Å². The van der Waals surface area contributed by atoms with E-state index in [0.717, 1.165) is 43.6 Å². The second-order valence-corrected chi connectivity index (χ2v) is 5.52. The lowest BCUT2D eigenvalue weighted by Crippen LogP contribution is -2.42. The third-order valence-corrected chi connectivity index (χ3v) is 4.02. The van der Waals surface area contributed by atoms with E-state index < -0.39 is 0 Å². The van der Waals surface area contributed by atoms with Gasteiger partial charge < -0.3 is 4.90 Å². The summed E-state index contributed by atoms with van der Waals surface area (Å²) in [5.74, 6) is 1.80. The smallest absolute Gasteiger partial charge is 0.222 e. The van der Waals surface area contributed by atoms with Crippen molar-refractivity contribution >= 4 is 21.8 Å². The van der Waals surface area contributed by atoms with Gasteiger partial charge in [0, 0.05) is 24.8 Å². The molecule has 1 saturated heterocycles. The summed E-state index contributed by atoms with van der Waals surface area (Å²) in [6.07, 6.45) is 4.02. The molecule has 15 heavy (non-hydrogen) atoms. The number of unbranched alkanes of at least 4 members (excludes halogenated alkanes) is 1. The van der Waals surface area contributed by atoms with E-state index in [-0.39, 0.29) is 0 Å². The highest BCUT2D eigenvalue weighted by Gasteiger charge is 2.25. The first-order valence-corrected chi connectivity index (χ1v) is 7.11. The Labute approximate surface area is 102 Å². The van der Waals surface area contributed by atoms with Crippen LogP contribution in [-0.4, -0.2) is 29.2 Å². The lowest BCUT2D eigenvalue weighted by molar-refractivity contribution is -0.133. The molecule has 0 bridgehead atoms. The number of rotatable bonds is 4. The molecule has 1 aliphatic rings. The highest BCUT2D eigenvalue weighted by atomic mass is 79.9. The van der Waals surface area contributed by atoms with Gasteiger partial charge in [-0.2, -0.15) is 0 Å². The second kappa shape index (κ2) is 6.51. The Hall–Kier alpha value is -0.0500. The number of nitrogens with zero attached hydrogens (tertiary/aromatic N) is 1. The lowest BCUT2D eigenvalue weighted by Gasteiger charge is -2.35. The molecule has 0 aromatic rings. The Morgan fingerprint density at radius 3 is 2.67 bits per heavy atom. The summed E-state index contributed by atoms with van der Waals surface area (Å²) < 4.78 is 0. The van der Waals surface area contributed by atoms with Gasteiger partial charge in [0.2, 0.25) is 5.91 Å². The molecule has 1 heterocycles. The Morgan fingerprint density at radius 1 is 1.33 bits per heavy atom. The fourth-order valence-electron chi connectivity index (χ4n) is 2.02. The largest absolute Gasteiger partial charge is 0.342 e. The van der Waals surface area contributed by atoms with Crippen molar-refractivity contribution in [2.24, 2.45) is 11.8 Å². The molecule has 1 amide bonds. The summed E-state index contributed by atoms with van der Waals surface area (Å²) in [4.78, 5) is 13.9. The normalized spacial score (nSPS) is 26.7. The van der Waals surface area contributed by atoms with Gasteiger partial charge in [-0.25, -0.2) is 0 Å². The molecule has 0 aliphatic carbocycles. The maximum absolute atomic E-state index is 11.8. The van der Waals surface area contributed by atoms with E-state index in [0.29, 0.717) is 11.8 Å². The molecule has 1 fully saturated rings. The Morgan fingerprint density at radius 2 is 2.07 bits per heavy atom. The van der Waals surface area contributed by atoms with Crippen LogP contribution in [0.2, 0.25) is 0 Å². The molecule has 1 rings (SSSR count). The van der Waals surface area contributed by atoms with Gasteiger partial charge in [-0.05, 0) is 31.1 Å². The SMILES string of the molecule is CC1CCN(C(=O)CCCCBr)CC1C. The van der Waals surface area contributed by atoms with Gasteiger partial charge in [0.1, 0.15) is 0 Å². The number of piperidine rings is 1. The average molecular weight is 276 g/mol. The number of likely N-dealkylation sites (tertiary alicyclic amines) is 1. The van der Waals surface area contributed by atoms with Gasteiger partial charge in [-0.1, -0.05) is 29.8 Å². The van der Waals surface area contributed by atoms with Gasteiger partial charge in [0.25, 0.3) is 0 Å². The van der Waals surface area contributed by atoms with Crippen molar-refractivity contribution in [2.75, 3.05) is 18.4 Å². The van der Waals surface area contributed by atoms with Gasteiger partial charge in [-0.3, -0.25) is 4.79 Å². The Kier molecular flexibility index (Phi) is 5.65. The molecule has 88 valence electrons. The van der Waals surface area contributed by atoms with E-state index in [1.807, 2.05) is 0 Å². The molecule has 2 atom stereocenters. The predicted octanol–water partition coefficient (Wildman–Crippen LogP) is 3.06. The van der Waals surface area contributed by atoms with Crippen LogP contribution in [0, 0.1) is 11.8 Å². The van der Waals surface area contributed by atoms with Crippen molar-refractivity contribution in [1.29, 1.82) is 0 Å². The van der Waals surface area contributed by atoms with E-state index >= 15 is 0 Å². The third-order valence-electron chi connectivity index (χ3n) is 3.46. The molecule has 2 unspecified atom stereocenters. The fourth-order valence-corrected chi connectivity index (χ4v) is 2.41. The summed E-state index contributed by atoms with van der Waals surface area (Å²) in [6, 6.07) is 0. The zero-order valence-electron chi connectivity index (χ0n) is 9.84. The van der Waals surface area contributed by atoms with Gasteiger partial charge in [0.15, 0.2) is 0 Å². The summed E-state index contributed by atoms with van der Waals surface area (Å²) in [5, 5.41) is 1.01. The van der Waals surface area contributed by atoms with Gasteiger partial charge in [0.05, 0.1) is 0 Å². The van der Waals surface area contributed by atoms with Crippen molar-refractivity contribution in [2.45, 2.75) is 39.5 Å². The van der Waals surface area contributed by atoms with Crippen molar-refractivity contribution < 1.29 is 4.79 Å². The predicted molar refractivity (Wildman–Crippen MR) is 67.2 cm³/mol. The van der Waals surface area contributed by atoms with Crippen LogP contribution in [0.15, 0.2) is 0 Å². The van der Waals surface area contributed by atoms with E-state index in [1.165, 1.54) is 6.42 Å². The van der Waals surface area contributed by atoms with Crippen molar-refractivity contribution in [1.82, 2.24) is 4.90 Å². The molecule has 0 spiro atoms. The number of amides is 1. The number of carbonyl (C=O) groups excluding carboxylic acids is 1. The molecular formula is C12H22BrNO. The third kappa shape index (κ3) is 4.13. The van der Waals surface area contributed by atoms with E-state index in [2.05, 4.69) is 34.7 Å². The fraction of sp³-hybridized carbons (Fsp3) is 0.917. The van der Waals surface area contributed by atoms with Crippen LogP contribution in [0.4, 0.5) is 0 Å². The number of carbonyl (C=O) groups is 1. The highest BCUT2D eigenvalue weighted by molar-refractivity contribution is 9.09. The zero-order chi connectivity index (χ0) is 11.3. The number of alkyl halides is 1. The molecule has 0 aromatic carbocycles. The maximum Gasteiger partial charge on any atom is 0.222 e. The summed E-state index contributed by atoms with van der Waals surface area (Å²) in [5.41, 5.74) is 0. The molecular weight excluding hydrogens is 254 g/mol. The van der Waals surface area contributed by atoms with Crippen LogP contribution < -0.4 is 0 Å². The highest BCUT2D eigenvalue weighted by Crippen LogP contribution is 2.23. The van der Waals surface area contributed by atoms with Crippen molar-refractivity contribution in [3.8, 4) is 0 Å². The van der Waals surface area contributed by atoms with Gasteiger partial charge in [-0.15, -0.1) is 0 Å². The standard InChI is InChI=1S/C12H22BrNO/c1-10-6-8-14(9-11(10)2)12(15)5-3-4-7-13/h10-11H,3-9H2,1-2H3. The van der Waals surface area contributed by atoms with E-state index in [4.69, 9.17) is 0 Å². The van der Waals surface area contributed by atoms with Gasteiger partial charge >= 0.3 is 0 Å². The minimum atomic E-state index is 0.356. The lowest BCUT2D eigenvalue weighted by atomic mass is 9.88. The van der Waals surface area contributed by atoms with E-state index in [9.17, 15) is 4.79 Å². The monoisotopic (exact) mass is 275 g/mol. The second-order valence-electron chi connectivity index (χ2n) is 4.73. The maximum atomic E-state index is 11.8. The van der Waals surface area contributed by atoms with Crippen molar-refractivity contribution in [3.63, 3.8) is 0 Å². The number of hydrogen-bond acceptors (Lipinski definition) is 1. The Balaban J connectivity index is 2.28.